The van der Waals surface area contributed by atoms with Crippen LogP contribution in [0, 0.1) is 17.1 Å². The van der Waals surface area contributed by atoms with Gasteiger partial charge in [-0.1, -0.05) is 55.8 Å². The largest absolute Gasteiger partial charge is 0.373 e. The second-order valence-electron chi connectivity index (χ2n) is 8.88. The van der Waals surface area contributed by atoms with Crippen LogP contribution in [0.5, 0.6) is 0 Å². The zero-order chi connectivity index (χ0) is 23.8. The molecule has 0 saturated carbocycles. The molecule has 1 aliphatic rings. The molecule has 3 aromatic carbocycles. The molecule has 1 aliphatic heterocycles. The van der Waals surface area contributed by atoms with Gasteiger partial charge in [0.15, 0.2) is 6.29 Å². The van der Waals surface area contributed by atoms with E-state index >= 15 is 4.39 Å². The van der Waals surface area contributed by atoms with E-state index in [0.717, 1.165) is 55.2 Å². The van der Waals surface area contributed by atoms with Gasteiger partial charge in [0.05, 0.1) is 24.8 Å². The molecule has 34 heavy (non-hydrogen) atoms. The lowest BCUT2D eigenvalue weighted by Crippen LogP contribution is -2.37. The van der Waals surface area contributed by atoms with Crippen LogP contribution in [0.15, 0.2) is 54.6 Å². The highest BCUT2D eigenvalue weighted by Gasteiger charge is 2.22. The quantitative estimate of drug-likeness (QED) is 0.341. The van der Waals surface area contributed by atoms with Gasteiger partial charge < -0.3 is 14.2 Å². The maximum Gasteiger partial charge on any atom is 0.158 e. The van der Waals surface area contributed by atoms with Crippen molar-refractivity contribution in [3.05, 3.63) is 82.7 Å². The van der Waals surface area contributed by atoms with E-state index in [4.69, 9.17) is 19.5 Å². The first kappa shape index (κ1) is 24.3. The van der Waals surface area contributed by atoms with Gasteiger partial charge in [-0.15, -0.1) is 0 Å². The van der Waals surface area contributed by atoms with Crippen molar-refractivity contribution < 1.29 is 18.6 Å². The maximum atomic E-state index is 15.2. The van der Waals surface area contributed by atoms with E-state index in [1.807, 2.05) is 36.4 Å². The van der Waals surface area contributed by atoms with Gasteiger partial charge >= 0.3 is 0 Å². The number of ether oxygens (including phenoxy) is 3. The number of unbranched alkanes of at least 4 members (excludes halogenated alkanes) is 1. The lowest BCUT2D eigenvalue weighted by atomic mass is 9.98. The fourth-order valence-electron chi connectivity index (χ4n) is 4.23. The Kier molecular flexibility index (Phi) is 8.65. The highest BCUT2D eigenvalue weighted by atomic mass is 19.1. The SMILES string of the molecule is CCCCOC1COC(CCc2ccc3c(F)c(CCc4ccc(C#N)cc4)ccc3c2)OC1. The summed E-state index contributed by atoms with van der Waals surface area (Å²) in [6.45, 7) is 4.04. The van der Waals surface area contributed by atoms with Crippen molar-refractivity contribution in [3.8, 4) is 6.07 Å². The van der Waals surface area contributed by atoms with Crippen LogP contribution in [-0.4, -0.2) is 32.2 Å². The fourth-order valence-corrected chi connectivity index (χ4v) is 4.23. The van der Waals surface area contributed by atoms with Crippen LogP contribution in [0.3, 0.4) is 0 Å². The number of halogens is 1. The van der Waals surface area contributed by atoms with E-state index in [1.165, 1.54) is 0 Å². The van der Waals surface area contributed by atoms with Gasteiger partial charge in [-0.2, -0.15) is 5.26 Å². The van der Waals surface area contributed by atoms with Crippen LogP contribution >= 0.6 is 0 Å². The molecule has 1 heterocycles. The molecule has 4 rings (SSSR count). The smallest absolute Gasteiger partial charge is 0.158 e. The molecule has 0 aromatic heterocycles. The molecule has 0 atom stereocenters. The fraction of sp³-hybridized carbons (Fsp3) is 0.414. The van der Waals surface area contributed by atoms with Crippen LogP contribution in [-0.2, 0) is 33.5 Å². The van der Waals surface area contributed by atoms with Gasteiger partial charge in [-0.25, -0.2) is 4.39 Å². The molecule has 0 unspecified atom stereocenters. The number of nitrogens with zero attached hydrogens (tertiary/aromatic N) is 1. The average molecular weight is 462 g/mol. The van der Waals surface area contributed by atoms with Crippen LogP contribution in [0.25, 0.3) is 10.8 Å². The molecule has 1 fully saturated rings. The second-order valence-corrected chi connectivity index (χ2v) is 8.88. The van der Waals surface area contributed by atoms with Gasteiger partial charge in [0.1, 0.15) is 11.9 Å². The van der Waals surface area contributed by atoms with Crippen LogP contribution in [0.2, 0.25) is 0 Å². The van der Waals surface area contributed by atoms with Gasteiger partial charge in [0.2, 0.25) is 0 Å². The number of aryl methyl sites for hydroxylation is 3. The third kappa shape index (κ3) is 6.42. The molecule has 1 saturated heterocycles. The molecule has 0 spiro atoms. The minimum Gasteiger partial charge on any atom is -0.373 e. The molecule has 0 radical (unpaired) electrons. The minimum absolute atomic E-state index is 0.0255. The lowest BCUT2D eigenvalue weighted by molar-refractivity contribution is -0.227. The summed E-state index contributed by atoms with van der Waals surface area (Å²) in [6.07, 6.45) is 4.91. The molecule has 0 aliphatic carbocycles. The third-order valence-corrected chi connectivity index (χ3v) is 6.32. The van der Waals surface area contributed by atoms with E-state index < -0.39 is 0 Å². The highest BCUT2D eigenvalue weighted by molar-refractivity contribution is 5.84. The number of nitriles is 1. The summed E-state index contributed by atoms with van der Waals surface area (Å²) in [5.41, 5.74) is 3.59. The first-order valence-electron chi connectivity index (χ1n) is 12.2. The number of hydrogen-bond donors (Lipinski definition) is 0. The molecular weight excluding hydrogens is 429 g/mol. The topological polar surface area (TPSA) is 51.5 Å². The lowest BCUT2D eigenvalue weighted by Gasteiger charge is -2.29. The summed E-state index contributed by atoms with van der Waals surface area (Å²) in [4.78, 5) is 0. The monoisotopic (exact) mass is 461 g/mol. The van der Waals surface area contributed by atoms with Gasteiger partial charge in [0, 0.05) is 18.4 Å². The van der Waals surface area contributed by atoms with E-state index in [-0.39, 0.29) is 18.2 Å². The summed E-state index contributed by atoms with van der Waals surface area (Å²) in [5.74, 6) is -0.147. The summed E-state index contributed by atoms with van der Waals surface area (Å²) < 4.78 is 32.5. The zero-order valence-corrected chi connectivity index (χ0v) is 19.8. The van der Waals surface area contributed by atoms with Crippen molar-refractivity contribution in [2.75, 3.05) is 19.8 Å². The summed E-state index contributed by atoms with van der Waals surface area (Å²) in [7, 11) is 0. The normalized spacial score (nSPS) is 18.1. The van der Waals surface area contributed by atoms with E-state index in [0.29, 0.717) is 36.1 Å². The molecule has 5 heteroatoms. The van der Waals surface area contributed by atoms with Crippen molar-refractivity contribution in [2.24, 2.45) is 0 Å². The van der Waals surface area contributed by atoms with Gasteiger partial charge in [-0.3, -0.25) is 0 Å². The number of hydrogen-bond acceptors (Lipinski definition) is 4. The molecule has 178 valence electrons. The predicted molar refractivity (Wildman–Crippen MR) is 131 cm³/mol. The summed E-state index contributed by atoms with van der Waals surface area (Å²) in [5, 5.41) is 10.5. The Labute approximate surface area is 201 Å². The first-order valence-corrected chi connectivity index (χ1v) is 12.2. The Morgan fingerprint density at radius 1 is 0.971 bits per heavy atom. The Bertz CT molecular complexity index is 1110. The standard InChI is InChI=1S/C29H32FNO3/c1-2-3-16-32-26-19-33-28(34-20-26)15-10-22-9-14-27-25(17-22)13-12-24(29(27)30)11-8-21-4-6-23(18-31)7-5-21/h4-7,9,12-14,17,26,28H,2-3,8,10-11,15-16,19-20H2,1H3. The number of fused-ring (bicyclic) bond motifs is 1. The predicted octanol–water partition coefficient (Wildman–Crippen LogP) is 6.13. The van der Waals surface area contributed by atoms with Crippen LogP contribution < -0.4 is 0 Å². The molecule has 0 N–H and O–H groups in total. The second kappa shape index (κ2) is 12.1. The average Bonchev–Trinajstić information content (AvgIpc) is 2.88. The molecule has 4 nitrogen and oxygen atoms in total. The van der Waals surface area contributed by atoms with E-state index in [9.17, 15) is 0 Å². The molecular formula is C29H32FNO3. The van der Waals surface area contributed by atoms with Crippen LogP contribution in [0.1, 0.15) is 48.4 Å². The highest BCUT2D eigenvalue weighted by Crippen LogP contribution is 2.25. The number of benzene rings is 3. The van der Waals surface area contributed by atoms with Crippen molar-refractivity contribution in [2.45, 2.75) is 57.8 Å². The van der Waals surface area contributed by atoms with Crippen LogP contribution in [0.4, 0.5) is 4.39 Å². The molecule has 3 aromatic rings. The van der Waals surface area contributed by atoms with Crippen molar-refractivity contribution >= 4 is 10.8 Å². The Morgan fingerprint density at radius 2 is 1.74 bits per heavy atom. The first-order chi connectivity index (χ1) is 16.7. The zero-order valence-electron chi connectivity index (χ0n) is 19.8. The maximum absolute atomic E-state index is 15.2. The minimum atomic E-state index is -0.219. The van der Waals surface area contributed by atoms with Gasteiger partial charge in [0.25, 0.3) is 0 Å². The Balaban J connectivity index is 1.30. The molecule has 0 bridgehead atoms. The Hall–Kier alpha value is -2.78. The summed E-state index contributed by atoms with van der Waals surface area (Å²) >= 11 is 0. The van der Waals surface area contributed by atoms with Crippen molar-refractivity contribution in [3.63, 3.8) is 0 Å². The van der Waals surface area contributed by atoms with Crippen molar-refractivity contribution in [1.82, 2.24) is 0 Å². The van der Waals surface area contributed by atoms with E-state index in [1.54, 1.807) is 12.1 Å². The number of rotatable bonds is 10. The summed E-state index contributed by atoms with van der Waals surface area (Å²) in [6, 6.07) is 19.4. The van der Waals surface area contributed by atoms with Crippen molar-refractivity contribution in [1.29, 1.82) is 5.26 Å². The molecule has 0 amide bonds. The van der Waals surface area contributed by atoms with E-state index in [2.05, 4.69) is 19.1 Å². The Morgan fingerprint density at radius 3 is 2.47 bits per heavy atom. The van der Waals surface area contributed by atoms with Gasteiger partial charge in [-0.05, 0) is 59.9 Å². The third-order valence-electron chi connectivity index (χ3n) is 6.32.